The van der Waals surface area contributed by atoms with Crippen molar-refractivity contribution < 1.29 is 28.1 Å². The summed E-state index contributed by atoms with van der Waals surface area (Å²) in [7, 11) is 5.29. The maximum Gasteiger partial charge on any atom is 0.354 e. The number of carbonyl (C=O) groups is 1. The third-order valence-corrected chi connectivity index (χ3v) is 11.4. The number of hydrogen-bond acceptors (Lipinski definition) is 8. The standard InChI is InChI=1S/C42H46ClFN6O5/c1-25-37-34-12-11-33(43)39(37)38-26(2)47(3)46-40(38)36(23-49-14-17-53-18-15-49)55-24-30-22-31(48(4)45-30)9-7-27-19-28-21-29(44)8-10-32(28)35(20-27)54-16-6-13-50(34)41(25)42(51)52-5/h8,10-12,19-22,36H,6-7,9,13-18,23-24H2,1-5H3. The smallest absolute Gasteiger partial charge is 0.354 e. The van der Waals surface area contributed by atoms with Crippen LogP contribution in [0.25, 0.3) is 32.8 Å². The van der Waals surface area contributed by atoms with Gasteiger partial charge in [0.05, 0.1) is 39.2 Å². The van der Waals surface area contributed by atoms with Crippen molar-refractivity contribution in [1.29, 1.82) is 0 Å². The van der Waals surface area contributed by atoms with E-state index in [-0.39, 0.29) is 12.4 Å². The van der Waals surface area contributed by atoms with E-state index in [9.17, 15) is 9.18 Å². The van der Waals surface area contributed by atoms with Gasteiger partial charge in [-0.05, 0) is 92.1 Å². The molecule has 6 aromatic rings. The largest absolute Gasteiger partial charge is 0.493 e. The van der Waals surface area contributed by atoms with Crippen LogP contribution in [0.1, 0.15) is 56.9 Å². The Kier molecular flexibility index (Phi) is 10.4. The van der Waals surface area contributed by atoms with Gasteiger partial charge in [-0.3, -0.25) is 14.3 Å². The quantitative estimate of drug-likeness (QED) is 0.174. The van der Waals surface area contributed by atoms with E-state index >= 15 is 0 Å². The predicted molar refractivity (Wildman–Crippen MR) is 209 cm³/mol. The average molecular weight is 769 g/mol. The van der Waals surface area contributed by atoms with E-state index in [1.54, 1.807) is 12.1 Å². The summed E-state index contributed by atoms with van der Waals surface area (Å²) in [5.41, 5.74) is 8.36. The Morgan fingerprint density at radius 3 is 2.58 bits per heavy atom. The van der Waals surface area contributed by atoms with Crippen LogP contribution in [0.15, 0.2) is 48.5 Å². The first-order valence-electron chi connectivity index (χ1n) is 18.8. The predicted octanol–water partition coefficient (Wildman–Crippen LogP) is 7.28. The van der Waals surface area contributed by atoms with E-state index in [0.29, 0.717) is 62.2 Å². The number of fused-ring (bicyclic) bond motifs is 8. The number of benzene rings is 3. The van der Waals surface area contributed by atoms with Crippen LogP contribution in [0, 0.1) is 19.7 Å². The normalized spacial score (nSPS) is 17.3. The zero-order chi connectivity index (χ0) is 38.4. The van der Waals surface area contributed by atoms with Crippen molar-refractivity contribution >= 4 is 39.2 Å². The van der Waals surface area contributed by atoms with Crippen LogP contribution in [-0.2, 0) is 54.3 Å². The summed E-state index contributed by atoms with van der Waals surface area (Å²) in [6, 6.07) is 14.8. The Bertz CT molecular complexity index is 2410. The van der Waals surface area contributed by atoms with Crippen molar-refractivity contribution in [2.75, 3.05) is 46.6 Å². The van der Waals surface area contributed by atoms with E-state index in [0.717, 1.165) is 86.2 Å². The van der Waals surface area contributed by atoms with Gasteiger partial charge in [0.15, 0.2) is 0 Å². The van der Waals surface area contributed by atoms with Crippen molar-refractivity contribution in [3.63, 3.8) is 0 Å². The van der Waals surface area contributed by atoms with E-state index < -0.39 is 12.1 Å². The molecule has 3 aromatic heterocycles. The topological polar surface area (TPSA) is 97.8 Å². The number of methoxy groups -OCH3 is 1. The molecule has 1 unspecified atom stereocenters. The first kappa shape index (κ1) is 37.2. The fourth-order valence-electron chi connectivity index (χ4n) is 8.22. The SMILES string of the molecule is COC(=O)c1c(C)c2c3c(Cl)ccc2n1CCCOc1cc(cc2cc(F)ccc12)CCc1cc(nn1C)COC(CN1CCOCC1)c1nn(C)c(C)c1-3. The fraction of sp³-hybridized carbons (Fsp3) is 0.405. The number of nitrogens with zero attached hydrogens (tertiary/aromatic N) is 6. The van der Waals surface area contributed by atoms with Crippen LogP contribution in [0.5, 0.6) is 5.75 Å². The summed E-state index contributed by atoms with van der Waals surface area (Å²) in [4.78, 5) is 15.9. The number of hydrogen-bond donors (Lipinski definition) is 0. The van der Waals surface area contributed by atoms with Crippen LogP contribution >= 0.6 is 11.6 Å². The maximum atomic E-state index is 14.5. The Morgan fingerprint density at radius 1 is 0.964 bits per heavy atom. The molecular weight excluding hydrogens is 723 g/mol. The molecule has 0 saturated carbocycles. The molecule has 13 heteroatoms. The summed E-state index contributed by atoms with van der Waals surface area (Å²) >= 11 is 7.21. The van der Waals surface area contributed by atoms with E-state index in [1.165, 1.54) is 13.2 Å². The molecule has 0 aliphatic carbocycles. The van der Waals surface area contributed by atoms with Crippen LogP contribution < -0.4 is 4.74 Å². The Morgan fingerprint density at radius 2 is 1.78 bits per heavy atom. The molecule has 288 valence electrons. The highest BCUT2D eigenvalue weighted by atomic mass is 35.5. The third kappa shape index (κ3) is 7.12. The van der Waals surface area contributed by atoms with Crippen molar-refractivity contribution in [2.24, 2.45) is 14.1 Å². The molecule has 11 nitrogen and oxygen atoms in total. The second-order valence-corrected chi connectivity index (χ2v) is 14.9. The van der Waals surface area contributed by atoms with E-state index in [4.69, 9.17) is 40.7 Å². The van der Waals surface area contributed by atoms with Gasteiger partial charge < -0.3 is 23.5 Å². The number of carbonyl (C=O) groups excluding carboxylic acids is 1. The molecular formula is C42H46ClFN6O5. The highest BCUT2D eigenvalue weighted by Crippen LogP contribution is 2.44. The summed E-state index contributed by atoms with van der Waals surface area (Å²) in [6.45, 7) is 8.56. The molecule has 0 N–H and O–H groups in total. The van der Waals surface area contributed by atoms with Crippen LogP contribution in [0.3, 0.4) is 0 Å². The van der Waals surface area contributed by atoms with Gasteiger partial charge in [-0.2, -0.15) is 10.2 Å². The number of halogens is 2. The van der Waals surface area contributed by atoms with E-state index in [2.05, 4.69) is 17.0 Å². The molecule has 55 heavy (non-hydrogen) atoms. The van der Waals surface area contributed by atoms with Gasteiger partial charge in [-0.15, -0.1) is 0 Å². The van der Waals surface area contributed by atoms with Crippen LogP contribution in [0.4, 0.5) is 4.39 Å². The van der Waals surface area contributed by atoms with E-state index in [1.807, 2.05) is 60.1 Å². The van der Waals surface area contributed by atoms with Gasteiger partial charge in [0, 0.05) is 84.1 Å². The number of rotatable bonds is 3. The molecule has 2 aliphatic heterocycles. The molecule has 5 heterocycles. The molecule has 8 bridgehead atoms. The first-order chi connectivity index (χ1) is 26.6. The molecule has 8 rings (SSSR count). The number of morpholine rings is 1. The molecule has 0 radical (unpaired) electrons. The Labute approximate surface area is 324 Å². The summed E-state index contributed by atoms with van der Waals surface area (Å²) in [5.74, 6) is -0.0361. The zero-order valence-corrected chi connectivity index (χ0v) is 32.7. The molecule has 1 atom stereocenters. The lowest BCUT2D eigenvalue weighted by Gasteiger charge is -2.30. The fourth-order valence-corrected chi connectivity index (χ4v) is 8.47. The van der Waals surface area contributed by atoms with Gasteiger partial charge in [-0.1, -0.05) is 17.7 Å². The molecule has 1 fully saturated rings. The first-order valence-corrected chi connectivity index (χ1v) is 19.2. The minimum absolute atomic E-state index is 0.269. The summed E-state index contributed by atoms with van der Waals surface area (Å²) in [5, 5.41) is 13.0. The zero-order valence-electron chi connectivity index (χ0n) is 32.0. The highest BCUT2D eigenvalue weighted by molar-refractivity contribution is 6.35. The minimum atomic E-state index is -0.435. The third-order valence-electron chi connectivity index (χ3n) is 11.1. The summed E-state index contributed by atoms with van der Waals surface area (Å²) < 4.78 is 44.6. The van der Waals surface area contributed by atoms with Crippen molar-refractivity contribution in [3.8, 4) is 16.9 Å². The van der Waals surface area contributed by atoms with Gasteiger partial charge in [0.25, 0.3) is 0 Å². The highest BCUT2D eigenvalue weighted by Gasteiger charge is 2.32. The molecule has 0 amide bonds. The van der Waals surface area contributed by atoms with Gasteiger partial charge in [0.2, 0.25) is 0 Å². The van der Waals surface area contributed by atoms with Crippen LogP contribution in [-0.4, -0.2) is 81.6 Å². The lowest BCUT2D eigenvalue weighted by Crippen LogP contribution is -2.39. The lowest BCUT2D eigenvalue weighted by atomic mass is 9.95. The number of esters is 1. The second kappa shape index (κ2) is 15.4. The average Bonchev–Trinajstić information content (AvgIpc) is 3.79. The van der Waals surface area contributed by atoms with Gasteiger partial charge >= 0.3 is 5.97 Å². The number of aromatic nitrogens is 5. The van der Waals surface area contributed by atoms with Gasteiger partial charge in [-0.25, -0.2) is 9.18 Å². The molecule has 3 aromatic carbocycles. The molecule has 1 saturated heterocycles. The Balaban J connectivity index is 1.29. The lowest BCUT2D eigenvalue weighted by molar-refractivity contribution is -0.0216. The van der Waals surface area contributed by atoms with Crippen molar-refractivity contribution in [3.05, 3.63) is 99.0 Å². The number of aryl methyl sites for hydroxylation is 6. The number of ether oxygens (including phenoxy) is 4. The Hall–Kier alpha value is -4.75. The summed E-state index contributed by atoms with van der Waals surface area (Å²) in [6.07, 6.45) is 1.58. The molecule has 2 aliphatic rings. The van der Waals surface area contributed by atoms with Gasteiger partial charge in [0.1, 0.15) is 29.1 Å². The monoisotopic (exact) mass is 768 g/mol. The second-order valence-electron chi connectivity index (χ2n) is 14.5. The minimum Gasteiger partial charge on any atom is -0.493 e. The maximum absolute atomic E-state index is 14.5. The molecule has 0 spiro atoms. The van der Waals surface area contributed by atoms with Crippen LogP contribution in [0.2, 0.25) is 5.02 Å². The van der Waals surface area contributed by atoms with Crippen molar-refractivity contribution in [1.82, 2.24) is 29.0 Å². The van der Waals surface area contributed by atoms with Crippen molar-refractivity contribution in [2.45, 2.75) is 52.4 Å².